The predicted molar refractivity (Wildman–Crippen MR) is 97.8 cm³/mol. The standard InChI is InChI=1S/C20H29F3N2O2/c1-15-13-25(11-10-24-15)14-18(19(26)8-3-2-4-9-19)16-6-5-7-17(12-16)27-20(21,22)23/h5-7,12,15,18,24,26H,2-4,8-11,13-14H2,1H3/t15-,18?/m0/s1. The van der Waals surface area contributed by atoms with E-state index in [-0.39, 0.29) is 11.7 Å². The Kier molecular flexibility index (Phi) is 6.33. The summed E-state index contributed by atoms with van der Waals surface area (Å²) in [4.78, 5) is 2.30. The quantitative estimate of drug-likeness (QED) is 0.811. The van der Waals surface area contributed by atoms with Crippen molar-refractivity contribution in [2.45, 2.75) is 63.0 Å². The highest BCUT2D eigenvalue weighted by molar-refractivity contribution is 5.33. The maximum Gasteiger partial charge on any atom is 0.573 e. The Morgan fingerprint density at radius 2 is 2.04 bits per heavy atom. The molecule has 0 spiro atoms. The first-order valence-electron chi connectivity index (χ1n) is 9.79. The average Bonchev–Trinajstić information content (AvgIpc) is 2.59. The predicted octanol–water partition coefficient (Wildman–Crippen LogP) is 3.66. The van der Waals surface area contributed by atoms with Crippen LogP contribution in [-0.2, 0) is 0 Å². The fourth-order valence-corrected chi connectivity index (χ4v) is 4.46. The second-order valence-corrected chi connectivity index (χ2v) is 7.95. The highest BCUT2D eigenvalue weighted by Crippen LogP contribution is 2.41. The number of hydrogen-bond acceptors (Lipinski definition) is 4. The van der Waals surface area contributed by atoms with E-state index in [0.717, 1.165) is 38.9 Å². The van der Waals surface area contributed by atoms with Gasteiger partial charge in [-0.3, -0.25) is 4.90 Å². The van der Waals surface area contributed by atoms with Gasteiger partial charge in [-0.25, -0.2) is 0 Å². The van der Waals surface area contributed by atoms with E-state index in [4.69, 9.17) is 0 Å². The number of ether oxygens (including phenoxy) is 1. The van der Waals surface area contributed by atoms with Crippen LogP contribution < -0.4 is 10.1 Å². The Morgan fingerprint density at radius 1 is 1.30 bits per heavy atom. The molecule has 4 nitrogen and oxygen atoms in total. The van der Waals surface area contributed by atoms with Crippen LogP contribution in [0, 0.1) is 0 Å². The molecule has 2 atom stereocenters. The molecule has 7 heteroatoms. The van der Waals surface area contributed by atoms with Gasteiger partial charge in [-0.2, -0.15) is 0 Å². The molecule has 2 fully saturated rings. The molecule has 0 amide bonds. The normalized spacial score (nSPS) is 25.1. The van der Waals surface area contributed by atoms with Crippen molar-refractivity contribution in [3.05, 3.63) is 29.8 Å². The van der Waals surface area contributed by atoms with Crippen molar-refractivity contribution in [3.63, 3.8) is 0 Å². The van der Waals surface area contributed by atoms with Crippen LogP contribution in [0.2, 0.25) is 0 Å². The van der Waals surface area contributed by atoms with Gasteiger partial charge in [0.25, 0.3) is 0 Å². The number of rotatable bonds is 5. The molecular weight excluding hydrogens is 357 g/mol. The molecule has 0 bridgehead atoms. The first kappa shape index (κ1) is 20.4. The fraction of sp³-hybridized carbons (Fsp3) is 0.700. The molecule has 1 saturated carbocycles. The van der Waals surface area contributed by atoms with Crippen molar-refractivity contribution in [2.24, 2.45) is 0 Å². The summed E-state index contributed by atoms with van der Waals surface area (Å²) in [5.41, 5.74) is -0.171. The van der Waals surface area contributed by atoms with Gasteiger partial charge in [-0.05, 0) is 37.5 Å². The number of nitrogens with zero attached hydrogens (tertiary/aromatic N) is 1. The minimum absolute atomic E-state index is 0.224. The summed E-state index contributed by atoms with van der Waals surface area (Å²) in [6.45, 7) is 5.37. The molecule has 27 heavy (non-hydrogen) atoms. The van der Waals surface area contributed by atoms with Crippen molar-refractivity contribution in [3.8, 4) is 5.75 Å². The maximum absolute atomic E-state index is 12.6. The number of halogens is 3. The van der Waals surface area contributed by atoms with Crippen LogP contribution in [0.3, 0.4) is 0 Å². The Balaban J connectivity index is 1.86. The molecule has 3 rings (SSSR count). The van der Waals surface area contributed by atoms with E-state index in [2.05, 4.69) is 21.9 Å². The van der Waals surface area contributed by atoms with Gasteiger partial charge < -0.3 is 15.2 Å². The molecule has 1 aliphatic carbocycles. The van der Waals surface area contributed by atoms with Gasteiger partial charge in [0.05, 0.1) is 5.60 Å². The second-order valence-electron chi connectivity index (χ2n) is 7.95. The van der Waals surface area contributed by atoms with E-state index in [0.29, 0.717) is 31.0 Å². The van der Waals surface area contributed by atoms with Crippen LogP contribution in [0.5, 0.6) is 5.75 Å². The average molecular weight is 386 g/mol. The fourth-order valence-electron chi connectivity index (χ4n) is 4.46. The Hall–Kier alpha value is -1.31. The van der Waals surface area contributed by atoms with E-state index >= 15 is 0 Å². The van der Waals surface area contributed by atoms with Crippen LogP contribution in [0.4, 0.5) is 13.2 Å². The summed E-state index contributed by atoms with van der Waals surface area (Å²) in [6, 6.07) is 6.50. The van der Waals surface area contributed by atoms with Gasteiger partial charge in [-0.15, -0.1) is 13.2 Å². The van der Waals surface area contributed by atoms with Gasteiger partial charge in [0.1, 0.15) is 5.75 Å². The Labute approximate surface area is 158 Å². The van der Waals surface area contributed by atoms with Crippen LogP contribution in [0.1, 0.15) is 50.5 Å². The molecule has 2 aliphatic rings. The van der Waals surface area contributed by atoms with E-state index in [9.17, 15) is 18.3 Å². The molecule has 0 aromatic heterocycles. The Bertz CT molecular complexity index is 617. The minimum atomic E-state index is -4.72. The number of aliphatic hydroxyl groups is 1. The monoisotopic (exact) mass is 386 g/mol. The summed E-state index contributed by atoms with van der Waals surface area (Å²) >= 11 is 0. The lowest BCUT2D eigenvalue weighted by molar-refractivity contribution is -0.274. The first-order chi connectivity index (χ1) is 12.8. The zero-order chi connectivity index (χ0) is 19.5. The van der Waals surface area contributed by atoms with Gasteiger partial charge in [-0.1, -0.05) is 31.4 Å². The van der Waals surface area contributed by atoms with E-state index in [1.165, 1.54) is 12.1 Å². The van der Waals surface area contributed by atoms with Gasteiger partial charge in [0.2, 0.25) is 0 Å². The number of benzene rings is 1. The van der Waals surface area contributed by atoms with Crippen molar-refractivity contribution < 1.29 is 23.0 Å². The molecule has 1 unspecified atom stereocenters. The van der Waals surface area contributed by atoms with Gasteiger partial charge in [0.15, 0.2) is 0 Å². The molecule has 2 N–H and O–H groups in total. The van der Waals surface area contributed by atoms with E-state index in [1.54, 1.807) is 6.07 Å². The zero-order valence-corrected chi connectivity index (χ0v) is 15.8. The summed E-state index contributed by atoms with van der Waals surface area (Å²) < 4.78 is 42.0. The second kappa shape index (κ2) is 8.37. The third-order valence-corrected chi connectivity index (χ3v) is 5.76. The smallest absolute Gasteiger partial charge is 0.406 e. The molecule has 1 heterocycles. The lowest BCUT2D eigenvalue weighted by atomic mass is 9.72. The highest BCUT2D eigenvalue weighted by Gasteiger charge is 2.40. The molecule has 1 aromatic carbocycles. The van der Waals surface area contributed by atoms with E-state index in [1.807, 2.05) is 6.07 Å². The minimum Gasteiger partial charge on any atom is -0.406 e. The Morgan fingerprint density at radius 3 is 2.70 bits per heavy atom. The summed E-state index contributed by atoms with van der Waals surface area (Å²) in [5.74, 6) is -0.460. The van der Waals surface area contributed by atoms with Crippen molar-refractivity contribution in [2.75, 3.05) is 26.2 Å². The van der Waals surface area contributed by atoms with Crippen LogP contribution >= 0.6 is 0 Å². The first-order valence-corrected chi connectivity index (χ1v) is 9.79. The van der Waals surface area contributed by atoms with Crippen molar-refractivity contribution >= 4 is 0 Å². The van der Waals surface area contributed by atoms with Crippen LogP contribution in [0.25, 0.3) is 0 Å². The third-order valence-electron chi connectivity index (χ3n) is 5.76. The molecule has 1 saturated heterocycles. The molecular formula is C20H29F3N2O2. The molecule has 0 radical (unpaired) electrons. The van der Waals surface area contributed by atoms with Crippen LogP contribution in [0.15, 0.2) is 24.3 Å². The van der Waals surface area contributed by atoms with Gasteiger partial charge in [0, 0.05) is 38.1 Å². The van der Waals surface area contributed by atoms with Crippen molar-refractivity contribution in [1.29, 1.82) is 0 Å². The molecule has 1 aromatic rings. The summed E-state index contributed by atoms with van der Waals surface area (Å²) in [7, 11) is 0. The topological polar surface area (TPSA) is 44.7 Å². The summed E-state index contributed by atoms with van der Waals surface area (Å²) in [5, 5.41) is 14.8. The lowest BCUT2D eigenvalue weighted by Crippen LogP contribution is -2.52. The van der Waals surface area contributed by atoms with Crippen molar-refractivity contribution in [1.82, 2.24) is 10.2 Å². The largest absolute Gasteiger partial charge is 0.573 e. The number of nitrogens with one attached hydrogen (secondary N) is 1. The number of alkyl halides is 3. The molecule has 152 valence electrons. The highest BCUT2D eigenvalue weighted by atomic mass is 19.4. The molecule has 1 aliphatic heterocycles. The maximum atomic E-state index is 12.6. The van der Waals surface area contributed by atoms with E-state index < -0.39 is 12.0 Å². The SMILES string of the molecule is C[C@H]1CN(CC(c2cccc(OC(F)(F)F)c2)C2(O)CCCCC2)CCN1. The zero-order valence-electron chi connectivity index (χ0n) is 15.8. The van der Waals surface area contributed by atoms with Crippen LogP contribution in [-0.4, -0.2) is 54.2 Å². The number of hydrogen-bond donors (Lipinski definition) is 2. The summed E-state index contributed by atoms with van der Waals surface area (Å²) in [6.07, 6.45) is -0.360. The number of piperazine rings is 1. The lowest BCUT2D eigenvalue weighted by Gasteiger charge is -2.43. The third kappa shape index (κ3) is 5.59. The van der Waals surface area contributed by atoms with Gasteiger partial charge >= 0.3 is 6.36 Å².